The van der Waals surface area contributed by atoms with E-state index in [9.17, 15) is 0 Å². The van der Waals surface area contributed by atoms with Gasteiger partial charge in [-0.05, 0) is 31.0 Å². The lowest BCUT2D eigenvalue weighted by molar-refractivity contribution is 0.247. The van der Waals surface area contributed by atoms with E-state index in [1.807, 2.05) is 13.0 Å². The first-order chi connectivity index (χ1) is 7.01. The minimum atomic E-state index is -0.565. The number of methoxy groups -OCH3 is 1. The van der Waals surface area contributed by atoms with Crippen molar-refractivity contribution in [3.05, 3.63) is 28.8 Å². The molecule has 0 aliphatic rings. The molecule has 0 radical (unpaired) electrons. The number of ether oxygens (including phenoxy) is 1. The summed E-state index contributed by atoms with van der Waals surface area (Å²) in [7, 11) is 1.57. The van der Waals surface area contributed by atoms with Crippen molar-refractivity contribution in [2.75, 3.05) is 13.7 Å². The first kappa shape index (κ1) is 12.3. The highest BCUT2D eigenvalue weighted by atomic mass is 35.5. The van der Waals surface area contributed by atoms with Crippen molar-refractivity contribution in [2.45, 2.75) is 18.9 Å². The molecule has 0 spiro atoms. The molecule has 0 amide bonds. The van der Waals surface area contributed by atoms with Gasteiger partial charge < -0.3 is 15.6 Å². The molecule has 3 N–H and O–H groups in total. The van der Waals surface area contributed by atoms with Crippen LogP contribution >= 0.6 is 11.6 Å². The van der Waals surface area contributed by atoms with Gasteiger partial charge in [0.2, 0.25) is 0 Å². The number of hydrogen-bond acceptors (Lipinski definition) is 3. The van der Waals surface area contributed by atoms with Crippen molar-refractivity contribution >= 4 is 11.6 Å². The molecule has 4 heteroatoms. The van der Waals surface area contributed by atoms with Gasteiger partial charge in [-0.15, -0.1) is 0 Å². The Bertz CT molecular complexity index is 339. The summed E-state index contributed by atoms with van der Waals surface area (Å²) in [6.07, 6.45) is 0.496. The Labute approximate surface area is 94.8 Å². The fourth-order valence-corrected chi connectivity index (χ4v) is 1.66. The number of hydrogen-bond donors (Lipinski definition) is 2. The Hall–Kier alpha value is -0.770. The van der Waals surface area contributed by atoms with E-state index < -0.39 is 5.54 Å². The second kappa shape index (κ2) is 4.84. The van der Waals surface area contributed by atoms with Gasteiger partial charge in [-0.1, -0.05) is 17.7 Å². The summed E-state index contributed by atoms with van der Waals surface area (Å²) in [4.78, 5) is 0. The van der Waals surface area contributed by atoms with Crippen molar-refractivity contribution in [1.82, 2.24) is 0 Å². The number of rotatable bonds is 4. The predicted molar refractivity (Wildman–Crippen MR) is 61.2 cm³/mol. The summed E-state index contributed by atoms with van der Waals surface area (Å²) in [5.41, 5.74) is 6.38. The average Bonchev–Trinajstić information content (AvgIpc) is 2.17. The zero-order valence-electron chi connectivity index (χ0n) is 8.96. The molecular formula is C11H16ClNO2. The van der Waals surface area contributed by atoms with Gasteiger partial charge in [0.15, 0.2) is 0 Å². The Morgan fingerprint density at radius 1 is 1.53 bits per heavy atom. The number of benzene rings is 1. The second-order valence-electron chi connectivity index (χ2n) is 3.74. The fraction of sp³-hybridized carbons (Fsp3) is 0.455. The van der Waals surface area contributed by atoms with Crippen LogP contribution in [0.1, 0.15) is 18.9 Å². The van der Waals surface area contributed by atoms with Crippen molar-refractivity contribution in [3.8, 4) is 5.75 Å². The third kappa shape index (κ3) is 2.84. The number of aliphatic hydroxyl groups excluding tert-OH is 1. The SMILES string of the molecule is COc1ccc(C(C)(N)CCO)cc1Cl. The van der Waals surface area contributed by atoms with Crippen LogP contribution in [0.5, 0.6) is 5.75 Å². The maximum atomic E-state index is 8.90. The van der Waals surface area contributed by atoms with Crippen LogP contribution in [0.25, 0.3) is 0 Å². The third-order valence-electron chi connectivity index (χ3n) is 2.44. The maximum absolute atomic E-state index is 8.90. The smallest absolute Gasteiger partial charge is 0.137 e. The molecule has 0 saturated heterocycles. The molecule has 0 bridgehead atoms. The minimum absolute atomic E-state index is 0.0522. The lowest BCUT2D eigenvalue weighted by Crippen LogP contribution is -2.33. The molecule has 1 rings (SSSR count). The number of nitrogens with two attached hydrogens (primary N) is 1. The first-order valence-electron chi connectivity index (χ1n) is 4.75. The van der Waals surface area contributed by atoms with E-state index in [1.54, 1.807) is 19.2 Å². The van der Waals surface area contributed by atoms with Crippen molar-refractivity contribution in [1.29, 1.82) is 0 Å². The minimum Gasteiger partial charge on any atom is -0.495 e. The summed E-state index contributed by atoms with van der Waals surface area (Å²) < 4.78 is 5.05. The number of halogens is 1. The summed E-state index contributed by atoms with van der Waals surface area (Å²) >= 11 is 5.99. The third-order valence-corrected chi connectivity index (χ3v) is 2.74. The van der Waals surface area contributed by atoms with Gasteiger partial charge >= 0.3 is 0 Å². The molecule has 0 aliphatic carbocycles. The van der Waals surface area contributed by atoms with Crippen molar-refractivity contribution in [3.63, 3.8) is 0 Å². The van der Waals surface area contributed by atoms with E-state index >= 15 is 0 Å². The largest absolute Gasteiger partial charge is 0.495 e. The zero-order valence-corrected chi connectivity index (χ0v) is 9.71. The summed E-state index contributed by atoms with van der Waals surface area (Å²) in [5.74, 6) is 0.625. The van der Waals surface area contributed by atoms with Gasteiger partial charge in [0.1, 0.15) is 5.75 Å². The molecule has 15 heavy (non-hydrogen) atoms. The van der Waals surface area contributed by atoms with Crippen molar-refractivity contribution in [2.24, 2.45) is 5.73 Å². The Kier molecular flexibility index (Phi) is 3.97. The normalized spacial score (nSPS) is 14.7. The molecule has 0 aliphatic heterocycles. The lowest BCUT2D eigenvalue weighted by atomic mass is 9.90. The monoisotopic (exact) mass is 229 g/mol. The maximum Gasteiger partial charge on any atom is 0.137 e. The quantitative estimate of drug-likeness (QED) is 0.829. The van der Waals surface area contributed by atoms with Gasteiger partial charge in [0, 0.05) is 12.1 Å². The molecular weight excluding hydrogens is 214 g/mol. The van der Waals surface area contributed by atoms with E-state index in [0.717, 1.165) is 5.56 Å². The van der Waals surface area contributed by atoms with Crippen LogP contribution in [0.2, 0.25) is 5.02 Å². The topological polar surface area (TPSA) is 55.5 Å². The highest BCUT2D eigenvalue weighted by Gasteiger charge is 2.21. The Morgan fingerprint density at radius 2 is 2.20 bits per heavy atom. The fourth-order valence-electron chi connectivity index (χ4n) is 1.40. The van der Waals surface area contributed by atoms with E-state index in [0.29, 0.717) is 17.2 Å². The highest BCUT2D eigenvalue weighted by molar-refractivity contribution is 6.32. The van der Waals surface area contributed by atoms with Crippen LogP contribution in [0.4, 0.5) is 0 Å². The van der Waals surface area contributed by atoms with Gasteiger partial charge in [-0.2, -0.15) is 0 Å². The van der Waals surface area contributed by atoms with E-state index in [-0.39, 0.29) is 6.61 Å². The van der Waals surface area contributed by atoms with Crippen LogP contribution in [0.3, 0.4) is 0 Å². The average molecular weight is 230 g/mol. The van der Waals surface area contributed by atoms with Crippen LogP contribution in [0.15, 0.2) is 18.2 Å². The molecule has 1 aromatic rings. The second-order valence-corrected chi connectivity index (χ2v) is 4.15. The summed E-state index contributed by atoms with van der Waals surface area (Å²) in [5, 5.41) is 9.43. The summed E-state index contributed by atoms with van der Waals surface area (Å²) in [6, 6.07) is 5.41. The van der Waals surface area contributed by atoms with Crippen LogP contribution in [-0.2, 0) is 5.54 Å². The molecule has 3 nitrogen and oxygen atoms in total. The zero-order chi connectivity index (χ0) is 11.5. The van der Waals surface area contributed by atoms with Gasteiger partial charge in [-0.25, -0.2) is 0 Å². The summed E-state index contributed by atoms with van der Waals surface area (Å²) in [6.45, 7) is 1.91. The molecule has 1 atom stereocenters. The molecule has 0 aromatic heterocycles. The Balaban J connectivity index is 3.01. The predicted octanol–water partition coefficient (Wildman–Crippen LogP) is 1.90. The van der Waals surface area contributed by atoms with E-state index in [1.165, 1.54) is 0 Å². The van der Waals surface area contributed by atoms with Gasteiger partial charge in [0.05, 0.1) is 12.1 Å². The molecule has 84 valence electrons. The Morgan fingerprint density at radius 3 is 2.67 bits per heavy atom. The van der Waals surface area contributed by atoms with Gasteiger partial charge in [-0.3, -0.25) is 0 Å². The highest BCUT2D eigenvalue weighted by Crippen LogP contribution is 2.30. The van der Waals surface area contributed by atoms with Crippen LogP contribution < -0.4 is 10.5 Å². The van der Waals surface area contributed by atoms with Gasteiger partial charge in [0.25, 0.3) is 0 Å². The first-order valence-corrected chi connectivity index (χ1v) is 5.13. The van der Waals surface area contributed by atoms with Crippen LogP contribution in [0, 0.1) is 0 Å². The number of aliphatic hydroxyl groups is 1. The van der Waals surface area contributed by atoms with E-state index in [2.05, 4.69) is 0 Å². The van der Waals surface area contributed by atoms with Crippen molar-refractivity contribution < 1.29 is 9.84 Å². The van der Waals surface area contributed by atoms with Crippen LogP contribution in [-0.4, -0.2) is 18.8 Å². The molecule has 0 heterocycles. The molecule has 0 saturated carbocycles. The molecule has 1 unspecified atom stereocenters. The van der Waals surface area contributed by atoms with E-state index in [4.69, 9.17) is 27.2 Å². The molecule has 0 fully saturated rings. The molecule has 1 aromatic carbocycles. The standard InChI is InChI=1S/C11H16ClNO2/c1-11(13,5-6-14)8-3-4-10(15-2)9(12)7-8/h3-4,7,14H,5-6,13H2,1-2H3. The lowest BCUT2D eigenvalue weighted by Gasteiger charge is -2.24.